The first-order chi connectivity index (χ1) is 9.16. The Morgan fingerprint density at radius 1 is 1.32 bits per heavy atom. The summed E-state index contributed by atoms with van der Waals surface area (Å²) >= 11 is 0. The molecule has 4 nitrogen and oxygen atoms in total. The molecule has 2 heterocycles. The molecular formula is C15H29N3O. The second-order valence-electron chi connectivity index (χ2n) is 6.32. The van der Waals surface area contributed by atoms with Gasteiger partial charge in [-0.25, -0.2) is 0 Å². The van der Waals surface area contributed by atoms with Crippen LogP contribution in [0.15, 0.2) is 0 Å². The first-order valence-electron chi connectivity index (χ1n) is 7.86. The molecule has 0 aromatic rings. The Hall–Kier alpha value is -0.610. The monoisotopic (exact) mass is 267 g/mol. The third kappa shape index (κ3) is 4.46. The topological polar surface area (TPSA) is 44.4 Å². The Morgan fingerprint density at radius 2 is 2.05 bits per heavy atom. The number of carbonyl (C=O) groups is 1. The molecule has 4 heteroatoms. The molecule has 0 bridgehead atoms. The molecule has 110 valence electrons. The molecule has 2 N–H and O–H groups in total. The predicted octanol–water partition coefficient (Wildman–Crippen LogP) is 1.22. The number of amides is 1. The van der Waals surface area contributed by atoms with E-state index in [1.807, 2.05) is 0 Å². The van der Waals surface area contributed by atoms with Crippen LogP contribution in [0.2, 0.25) is 0 Å². The van der Waals surface area contributed by atoms with E-state index in [-0.39, 0.29) is 11.8 Å². The molecular weight excluding hydrogens is 238 g/mol. The van der Waals surface area contributed by atoms with Gasteiger partial charge >= 0.3 is 0 Å². The molecule has 0 spiro atoms. The maximum Gasteiger partial charge on any atom is 0.224 e. The molecule has 0 radical (unpaired) electrons. The van der Waals surface area contributed by atoms with E-state index in [9.17, 15) is 4.79 Å². The molecule has 0 aromatic heterocycles. The summed E-state index contributed by atoms with van der Waals surface area (Å²) in [5.41, 5.74) is 0. The van der Waals surface area contributed by atoms with Gasteiger partial charge in [0, 0.05) is 12.6 Å². The first-order valence-corrected chi connectivity index (χ1v) is 7.86. The molecule has 2 unspecified atom stereocenters. The zero-order valence-corrected chi connectivity index (χ0v) is 12.5. The number of piperidine rings is 2. The lowest BCUT2D eigenvalue weighted by Gasteiger charge is -2.30. The minimum absolute atomic E-state index is 0.172. The molecule has 2 saturated heterocycles. The van der Waals surface area contributed by atoms with Crippen LogP contribution < -0.4 is 10.6 Å². The van der Waals surface area contributed by atoms with Crippen molar-refractivity contribution in [1.82, 2.24) is 15.5 Å². The number of carbonyl (C=O) groups excluding carboxylic acids is 1. The highest BCUT2D eigenvalue weighted by Gasteiger charge is 2.27. The van der Waals surface area contributed by atoms with Gasteiger partial charge in [-0.3, -0.25) is 4.79 Å². The van der Waals surface area contributed by atoms with Crippen LogP contribution in [0.3, 0.4) is 0 Å². The van der Waals surface area contributed by atoms with E-state index in [2.05, 4.69) is 29.5 Å². The Labute approximate surface area is 117 Å². The smallest absolute Gasteiger partial charge is 0.224 e. The fraction of sp³-hybridized carbons (Fsp3) is 0.933. The summed E-state index contributed by atoms with van der Waals surface area (Å²) in [5.74, 6) is 1.23. The molecule has 2 atom stereocenters. The van der Waals surface area contributed by atoms with Crippen LogP contribution in [0.1, 0.15) is 39.0 Å². The van der Waals surface area contributed by atoms with Gasteiger partial charge in [-0.1, -0.05) is 0 Å². The number of hydrogen-bond donors (Lipinski definition) is 2. The number of rotatable bonds is 4. The van der Waals surface area contributed by atoms with E-state index in [1.165, 1.54) is 25.9 Å². The Bertz CT molecular complexity index is 287. The molecule has 19 heavy (non-hydrogen) atoms. The summed E-state index contributed by atoms with van der Waals surface area (Å²) in [6.07, 6.45) is 5.88. The Balaban J connectivity index is 1.63. The summed E-state index contributed by atoms with van der Waals surface area (Å²) in [5, 5.41) is 6.54. The molecule has 1 amide bonds. The molecule has 2 aliphatic heterocycles. The van der Waals surface area contributed by atoms with Crippen LogP contribution >= 0.6 is 0 Å². The molecule has 0 saturated carbocycles. The molecule has 2 fully saturated rings. The van der Waals surface area contributed by atoms with Crippen LogP contribution in [-0.4, -0.2) is 50.1 Å². The lowest BCUT2D eigenvalue weighted by molar-refractivity contribution is -0.126. The lowest BCUT2D eigenvalue weighted by atomic mass is 9.90. The summed E-state index contributed by atoms with van der Waals surface area (Å²) in [6, 6.07) is 0.331. The minimum atomic E-state index is 0.172. The average molecular weight is 267 g/mol. The Morgan fingerprint density at radius 3 is 2.74 bits per heavy atom. The van der Waals surface area contributed by atoms with Gasteiger partial charge in [0.25, 0.3) is 0 Å². The van der Waals surface area contributed by atoms with Crippen LogP contribution in [0.4, 0.5) is 0 Å². The maximum absolute atomic E-state index is 12.1. The largest absolute Gasteiger partial charge is 0.356 e. The number of nitrogens with zero attached hydrogens (tertiary/aromatic N) is 1. The van der Waals surface area contributed by atoms with Crippen molar-refractivity contribution in [3.63, 3.8) is 0 Å². The van der Waals surface area contributed by atoms with Crippen molar-refractivity contribution in [3.05, 3.63) is 0 Å². The zero-order valence-electron chi connectivity index (χ0n) is 12.5. The van der Waals surface area contributed by atoms with Crippen molar-refractivity contribution in [2.24, 2.45) is 11.8 Å². The zero-order chi connectivity index (χ0) is 13.7. The van der Waals surface area contributed by atoms with E-state index in [4.69, 9.17) is 0 Å². The van der Waals surface area contributed by atoms with Gasteiger partial charge in [0.15, 0.2) is 0 Å². The van der Waals surface area contributed by atoms with Crippen molar-refractivity contribution in [2.45, 2.75) is 45.1 Å². The number of nitrogens with one attached hydrogen (secondary N) is 2. The van der Waals surface area contributed by atoms with Crippen LogP contribution in [0, 0.1) is 11.8 Å². The van der Waals surface area contributed by atoms with Gasteiger partial charge in [-0.2, -0.15) is 0 Å². The average Bonchev–Trinajstić information content (AvgIpc) is 2.41. The van der Waals surface area contributed by atoms with Crippen molar-refractivity contribution in [1.29, 1.82) is 0 Å². The summed E-state index contributed by atoms with van der Waals surface area (Å²) in [7, 11) is 2.19. The molecule has 0 aromatic carbocycles. The van der Waals surface area contributed by atoms with E-state index >= 15 is 0 Å². The van der Waals surface area contributed by atoms with E-state index in [0.29, 0.717) is 6.04 Å². The van der Waals surface area contributed by atoms with Gasteiger partial charge in [-0.15, -0.1) is 0 Å². The predicted molar refractivity (Wildman–Crippen MR) is 78.0 cm³/mol. The third-order valence-corrected chi connectivity index (χ3v) is 4.79. The number of likely N-dealkylation sites (tertiary alicyclic amines) is 1. The molecule has 2 rings (SSSR count). The quantitative estimate of drug-likeness (QED) is 0.805. The summed E-state index contributed by atoms with van der Waals surface area (Å²) in [4.78, 5) is 14.5. The molecule has 0 aliphatic carbocycles. The Kier molecular flexibility index (Phi) is 5.64. The highest BCUT2D eigenvalue weighted by molar-refractivity contribution is 5.79. The summed E-state index contributed by atoms with van der Waals surface area (Å²) < 4.78 is 0. The third-order valence-electron chi connectivity index (χ3n) is 4.79. The maximum atomic E-state index is 12.1. The van der Waals surface area contributed by atoms with Crippen LogP contribution in [0.25, 0.3) is 0 Å². The van der Waals surface area contributed by atoms with Crippen LogP contribution in [0.5, 0.6) is 0 Å². The summed E-state index contributed by atoms with van der Waals surface area (Å²) in [6.45, 7) is 6.46. The first kappa shape index (κ1) is 14.8. The lowest BCUT2D eigenvalue weighted by Crippen LogP contribution is -2.47. The van der Waals surface area contributed by atoms with E-state index in [0.717, 1.165) is 38.3 Å². The molecule has 2 aliphatic rings. The normalized spacial score (nSPS) is 30.2. The fourth-order valence-corrected chi connectivity index (χ4v) is 3.28. The van der Waals surface area contributed by atoms with Gasteiger partial charge < -0.3 is 15.5 Å². The standard InChI is InChI=1S/C15H29N3O/c1-12-14(4-3-8-16-12)15(19)17-9-5-13-6-10-18(2)11-7-13/h12-14,16H,3-11H2,1-2H3,(H,17,19). The van der Waals surface area contributed by atoms with E-state index < -0.39 is 0 Å². The van der Waals surface area contributed by atoms with Gasteiger partial charge in [0.2, 0.25) is 5.91 Å². The second kappa shape index (κ2) is 7.25. The van der Waals surface area contributed by atoms with Crippen molar-refractivity contribution < 1.29 is 4.79 Å². The number of hydrogen-bond acceptors (Lipinski definition) is 3. The van der Waals surface area contributed by atoms with Gasteiger partial charge in [-0.05, 0) is 71.6 Å². The highest BCUT2D eigenvalue weighted by Crippen LogP contribution is 2.19. The van der Waals surface area contributed by atoms with Crippen molar-refractivity contribution in [3.8, 4) is 0 Å². The minimum Gasteiger partial charge on any atom is -0.356 e. The van der Waals surface area contributed by atoms with Crippen LogP contribution in [-0.2, 0) is 4.79 Å². The van der Waals surface area contributed by atoms with Gasteiger partial charge in [0.1, 0.15) is 0 Å². The fourth-order valence-electron chi connectivity index (χ4n) is 3.28. The highest BCUT2D eigenvalue weighted by atomic mass is 16.1. The van der Waals surface area contributed by atoms with Crippen molar-refractivity contribution >= 4 is 5.91 Å². The van der Waals surface area contributed by atoms with E-state index in [1.54, 1.807) is 0 Å². The SMILES string of the molecule is CC1NCCCC1C(=O)NCCC1CCN(C)CC1. The second-order valence-corrected chi connectivity index (χ2v) is 6.32. The van der Waals surface area contributed by atoms with Gasteiger partial charge in [0.05, 0.1) is 5.92 Å². The van der Waals surface area contributed by atoms with Crippen molar-refractivity contribution in [2.75, 3.05) is 33.2 Å².